The molecule has 2 N–H and O–H groups in total. The molecule has 0 aromatic heterocycles. The molecule has 1 atom stereocenters. The Kier molecular flexibility index (Phi) is 3.95. The molecule has 2 aromatic rings. The molecule has 0 spiro atoms. The quantitative estimate of drug-likeness (QED) is 0.908. The Balaban J connectivity index is 1.72. The summed E-state index contributed by atoms with van der Waals surface area (Å²) in [6.45, 7) is 6.21. The molecule has 21 heavy (non-hydrogen) atoms. The van der Waals surface area contributed by atoms with Gasteiger partial charge in [0.25, 0.3) is 0 Å². The first kappa shape index (κ1) is 14.1. The van der Waals surface area contributed by atoms with E-state index >= 15 is 0 Å². The molecule has 0 radical (unpaired) electrons. The van der Waals surface area contributed by atoms with Crippen molar-refractivity contribution in [1.82, 2.24) is 10.2 Å². The Hall–Kier alpha value is -1.84. The minimum atomic E-state index is -0.00354. The summed E-state index contributed by atoms with van der Waals surface area (Å²) in [5.74, 6) is 0.327. The van der Waals surface area contributed by atoms with Crippen molar-refractivity contribution in [2.24, 2.45) is 0 Å². The maximum Gasteiger partial charge on any atom is 0.115 e. The molecule has 0 amide bonds. The van der Waals surface area contributed by atoms with E-state index in [4.69, 9.17) is 0 Å². The zero-order chi connectivity index (χ0) is 14.7. The highest BCUT2D eigenvalue weighted by Gasteiger charge is 2.31. The summed E-state index contributed by atoms with van der Waals surface area (Å²) in [4.78, 5) is 2.47. The molecule has 0 saturated carbocycles. The van der Waals surface area contributed by atoms with Crippen molar-refractivity contribution < 1.29 is 5.11 Å². The summed E-state index contributed by atoms with van der Waals surface area (Å²) >= 11 is 0. The molecule has 110 valence electrons. The van der Waals surface area contributed by atoms with Gasteiger partial charge in [0, 0.05) is 26.2 Å². The van der Waals surface area contributed by atoms with Crippen LogP contribution in [0.25, 0.3) is 0 Å². The Morgan fingerprint density at radius 3 is 2.52 bits per heavy atom. The average Bonchev–Trinajstić information content (AvgIpc) is 2.51. The molecule has 3 nitrogen and oxygen atoms in total. The summed E-state index contributed by atoms with van der Waals surface area (Å²) in [5, 5.41) is 13.0. The van der Waals surface area contributed by atoms with Crippen molar-refractivity contribution >= 4 is 0 Å². The van der Waals surface area contributed by atoms with Crippen LogP contribution < -0.4 is 5.32 Å². The number of hydrogen-bond donors (Lipinski definition) is 2. The van der Waals surface area contributed by atoms with Crippen LogP contribution in [0.15, 0.2) is 54.6 Å². The SMILES string of the molecule is CC1(c2ccccc2)CN(Cc2ccc(O)cc2)CCN1. The third kappa shape index (κ3) is 3.26. The largest absolute Gasteiger partial charge is 0.508 e. The van der Waals surface area contributed by atoms with Crippen LogP contribution in [0.4, 0.5) is 0 Å². The monoisotopic (exact) mass is 282 g/mol. The van der Waals surface area contributed by atoms with E-state index in [1.165, 1.54) is 11.1 Å². The normalized spacial score (nSPS) is 23.1. The van der Waals surface area contributed by atoms with Crippen molar-refractivity contribution in [2.45, 2.75) is 19.0 Å². The summed E-state index contributed by atoms with van der Waals surface area (Å²) in [6, 6.07) is 18.1. The number of rotatable bonds is 3. The number of phenols is 1. The highest BCUT2D eigenvalue weighted by molar-refractivity contribution is 5.27. The molecule has 1 aliphatic heterocycles. The molecule has 1 saturated heterocycles. The van der Waals surface area contributed by atoms with E-state index < -0.39 is 0 Å². The first-order valence-electron chi connectivity index (χ1n) is 7.47. The van der Waals surface area contributed by atoms with E-state index in [-0.39, 0.29) is 5.54 Å². The van der Waals surface area contributed by atoms with Crippen LogP contribution in [-0.2, 0) is 12.1 Å². The molecule has 0 bridgehead atoms. The van der Waals surface area contributed by atoms with Crippen LogP contribution in [0.3, 0.4) is 0 Å². The molecular weight excluding hydrogens is 260 g/mol. The molecule has 0 aliphatic carbocycles. The zero-order valence-electron chi connectivity index (χ0n) is 12.4. The fourth-order valence-electron chi connectivity index (χ4n) is 3.07. The second-order valence-electron chi connectivity index (χ2n) is 6.00. The Morgan fingerprint density at radius 1 is 1.10 bits per heavy atom. The summed E-state index contributed by atoms with van der Waals surface area (Å²) in [7, 11) is 0. The predicted molar refractivity (Wildman–Crippen MR) is 85.2 cm³/mol. The molecular formula is C18H22N2O. The van der Waals surface area contributed by atoms with Gasteiger partial charge in [-0.2, -0.15) is 0 Å². The first-order valence-corrected chi connectivity index (χ1v) is 7.47. The molecule has 1 heterocycles. The van der Waals surface area contributed by atoms with Crippen LogP contribution in [0, 0.1) is 0 Å². The number of phenolic OH excluding ortho intramolecular Hbond substituents is 1. The number of nitrogens with one attached hydrogen (secondary N) is 1. The van der Waals surface area contributed by atoms with E-state index in [2.05, 4.69) is 47.5 Å². The molecule has 2 aromatic carbocycles. The maximum atomic E-state index is 9.37. The smallest absolute Gasteiger partial charge is 0.115 e. The lowest BCUT2D eigenvalue weighted by Gasteiger charge is -2.42. The second kappa shape index (κ2) is 5.88. The number of aromatic hydroxyl groups is 1. The maximum absolute atomic E-state index is 9.37. The second-order valence-corrected chi connectivity index (χ2v) is 6.00. The minimum Gasteiger partial charge on any atom is -0.508 e. The zero-order valence-corrected chi connectivity index (χ0v) is 12.4. The first-order chi connectivity index (χ1) is 10.2. The number of piperazine rings is 1. The van der Waals surface area contributed by atoms with Gasteiger partial charge in [-0.3, -0.25) is 4.90 Å². The Morgan fingerprint density at radius 2 is 1.81 bits per heavy atom. The van der Waals surface area contributed by atoms with Crippen molar-refractivity contribution in [3.63, 3.8) is 0 Å². The minimum absolute atomic E-state index is 0.00354. The van der Waals surface area contributed by atoms with Gasteiger partial charge in [-0.15, -0.1) is 0 Å². The van der Waals surface area contributed by atoms with E-state index in [1.807, 2.05) is 12.1 Å². The van der Waals surface area contributed by atoms with Crippen LogP contribution in [0.2, 0.25) is 0 Å². The summed E-state index contributed by atoms with van der Waals surface area (Å²) in [5.41, 5.74) is 2.57. The van der Waals surface area contributed by atoms with Crippen molar-refractivity contribution in [3.05, 3.63) is 65.7 Å². The van der Waals surface area contributed by atoms with Gasteiger partial charge in [-0.05, 0) is 30.2 Å². The van der Waals surface area contributed by atoms with Gasteiger partial charge in [0.1, 0.15) is 5.75 Å². The number of nitrogens with zero attached hydrogens (tertiary/aromatic N) is 1. The van der Waals surface area contributed by atoms with Gasteiger partial charge < -0.3 is 10.4 Å². The Bertz CT molecular complexity index is 582. The standard InChI is InChI=1S/C18H22N2O/c1-18(16-5-3-2-4-6-16)14-20(12-11-19-18)13-15-7-9-17(21)10-8-15/h2-10,19,21H,11-14H2,1H3. The Labute approximate surface area is 126 Å². The van der Waals surface area contributed by atoms with Crippen molar-refractivity contribution in [3.8, 4) is 5.75 Å². The molecule has 1 aliphatic rings. The number of hydrogen-bond acceptors (Lipinski definition) is 3. The van der Waals surface area contributed by atoms with Crippen molar-refractivity contribution in [2.75, 3.05) is 19.6 Å². The highest BCUT2D eigenvalue weighted by atomic mass is 16.3. The third-order valence-corrected chi connectivity index (χ3v) is 4.24. The van der Waals surface area contributed by atoms with Crippen LogP contribution in [0.1, 0.15) is 18.1 Å². The average molecular weight is 282 g/mol. The lowest BCUT2D eigenvalue weighted by molar-refractivity contribution is 0.136. The van der Waals surface area contributed by atoms with Crippen LogP contribution in [-0.4, -0.2) is 29.6 Å². The topological polar surface area (TPSA) is 35.5 Å². The van der Waals surface area contributed by atoms with Gasteiger partial charge >= 0.3 is 0 Å². The van der Waals surface area contributed by atoms with Crippen LogP contribution in [0.5, 0.6) is 5.75 Å². The lowest BCUT2D eigenvalue weighted by Crippen LogP contribution is -2.56. The predicted octanol–water partition coefficient (Wildman–Crippen LogP) is 2.71. The number of benzene rings is 2. The lowest BCUT2D eigenvalue weighted by atomic mass is 9.89. The fourth-order valence-corrected chi connectivity index (χ4v) is 3.07. The van der Waals surface area contributed by atoms with E-state index in [1.54, 1.807) is 12.1 Å². The molecule has 1 fully saturated rings. The van der Waals surface area contributed by atoms with Gasteiger partial charge in [-0.25, -0.2) is 0 Å². The van der Waals surface area contributed by atoms with Crippen molar-refractivity contribution in [1.29, 1.82) is 0 Å². The van der Waals surface area contributed by atoms with Gasteiger partial charge in [0.15, 0.2) is 0 Å². The molecule has 3 rings (SSSR count). The van der Waals surface area contributed by atoms with E-state index in [0.29, 0.717) is 5.75 Å². The summed E-state index contributed by atoms with van der Waals surface area (Å²) in [6.07, 6.45) is 0. The summed E-state index contributed by atoms with van der Waals surface area (Å²) < 4.78 is 0. The van der Waals surface area contributed by atoms with Crippen LogP contribution >= 0.6 is 0 Å². The fraction of sp³-hybridized carbons (Fsp3) is 0.333. The molecule has 1 unspecified atom stereocenters. The van der Waals surface area contributed by atoms with Gasteiger partial charge in [-0.1, -0.05) is 42.5 Å². The third-order valence-electron chi connectivity index (χ3n) is 4.24. The highest BCUT2D eigenvalue weighted by Crippen LogP contribution is 2.25. The molecule has 3 heteroatoms. The van der Waals surface area contributed by atoms with Gasteiger partial charge in [0.05, 0.1) is 5.54 Å². The van der Waals surface area contributed by atoms with Gasteiger partial charge in [0.2, 0.25) is 0 Å². The van der Waals surface area contributed by atoms with E-state index in [9.17, 15) is 5.11 Å². The van der Waals surface area contributed by atoms with E-state index in [0.717, 1.165) is 26.2 Å².